The van der Waals surface area contributed by atoms with Gasteiger partial charge in [-0.25, -0.2) is 4.39 Å². The summed E-state index contributed by atoms with van der Waals surface area (Å²) in [5.74, 6) is 0.190. The van der Waals surface area contributed by atoms with Gasteiger partial charge in [-0.05, 0) is 48.9 Å². The molecule has 128 valence electrons. The molecule has 0 spiro atoms. The maximum absolute atomic E-state index is 13.0. The molecular weight excluding hydrogens is 327 g/mol. The lowest BCUT2D eigenvalue weighted by atomic mass is 10.1. The summed E-state index contributed by atoms with van der Waals surface area (Å²) >= 11 is 0. The van der Waals surface area contributed by atoms with Crippen LogP contribution in [0, 0.1) is 5.82 Å². The van der Waals surface area contributed by atoms with Gasteiger partial charge in [0, 0.05) is 17.8 Å². The van der Waals surface area contributed by atoms with Crippen LogP contribution in [0.5, 0.6) is 11.5 Å². The topological polar surface area (TPSA) is 67.9 Å². The normalized spacial score (nSPS) is 18.5. The summed E-state index contributed by atoms with van der Waals surface area (Å²) in [6, 6.07) is 9.99. The molecule has 1 N–H and O–H groups in total. The summed E-state index contributed by atoms with van der Waals surface area (Å²) in [6.45, 7) is 0.602. The minimum absolute atomic E-state index is 0.133. The molecule has 1 unspecified atom stereocenters. The maximum Gasteiger partial charge on any atom is 0.252 e. The highest BCUT2D eigenvalue weighted by Gasteiger charge is 2.34. The molecule has 0 aromatic heterocycles. The summed E-state index contributed by atoms with van der Waals surface area (Å²) in [7, 11) is 0. The van der Waals surface area contributed by atoms with Crippen molar-refractivity contribution in [3.8, 4) is 11.5 Å². The van der Waals surface area contributed by atoms with Crippen molar-refractivity contribution in [1.29, 1.82) is 0 Å². The number of amides is 2. The second kappa shape index (κ2) is 6.08. The number of hydrogen-bond donors (Lipinski definition) is 1. The van der Waals surface area contributed by atoms with E-state index in [0.29, 0.717) is 35.7 Å². The number of nitrogens with zero attached hydrogens (tertiary/aromatic N) is 1. The molecule has 0 saturated carbocycles. The van der Waals surface area contributed by atoms with Crippen LogP contribution in [0.4, 0.5) is 10.1 Å². The van der Waals surface area contributed by atoms with Crippen LogP contribution in [0.3, 0.4) is 0 Å². The molecule has 4 rings (SSSR count). The quantitative estimate of drug-likeness (QED) is 0.927. The van der Waals surface area contributed by atoms with Crippen LogP contribution in [0.2, 0.25) is 0 Å². The fraction of sp³-hybridized carbons (Fsp3) is 0.222. The first-order valence-corrected chi connectivity index (χ1v) is 7.89. The van der Waals surface area contributed by atoms with Gasteiger partial charge in [-0.3, -0.25) is 9.59 Å². The van der Waals surface area contributed by atoms with Crippen LogP contribution in [0.25, 0.3) is 0 Å². The van der Waals surface area contributed by atoms with Crippen molar-refractivity contribution in [2.45, 2.75) is 12.5 Å². The Hall–Kier alpha value is -3.09. The highest BCUT2D eigenvalue weighted by Crippen LogP contribution is 2.32. The Morgan fingerprint density at radius 3 is 2.68 bits per heavy atom. The van der Waals surface area contributed by atoms with Gasteiger partial charge in [-0.2, -0.15) is 0 Å². The number of rotatable bonds is 3. The molecule has 2 aliphatic rings. The van der Waals surface area contributed by atoms with E-state index < -0.39 is 6.04 Å². The van der Waals surface area contributed by atoms with E-state index in [4.69, 9.17) is 9.47 Å². The fourth-order valence-corrected chi connectivity index (χ4v) is 2.97. The third-order valence-corrected chi connectivity index (χ3v) is 4.28. The van der Waals surface area contributed by atoms with Gasteiger partial charge in [-0.1, -0.05) is 0 Å². The van der Waals surface area contributed by atoms with E-state index in [1.165, 1.54) is 12.1 Å². The van der Waals surface area contributed by atoms with E-state index in [2.05, 4.69) is 5.32 Å². The monoisotopic (exact) mass is 342 g/mol. The molecule has 2 aromatic rings. The van der Waals surface area contributed by atoms with Crippen LogP contribution in [-0.2, 0) is 4.79 Å². The smallest absolute Gasteiger partial charge is 0.252 e. The Kier molecular flexibility index (Phi) is 3.76. The van der Waals surface area contributed by atoms with Crippen molar-refractivity contribution >= 4 is 17.5 Å². The zero-order chi connectivity index (χ0) is 17.4. The van der Waals surface area contributed by atoms with E-state index in [9.17, 15) is 14.0 Å². The first-order valence-electron chi connectivity index (χ1n) is 7.89. The second-order valence-electron chi connectivity index (χ2n) is 5.85. The summed E-state index contributed by atoms with van der Waals surface area (Å²) in [6.07, 6.45) is 0.493. The third kappa shape index (κ3) is 2.88. The van der Waals surface area contributed by atoms with Crippen LogP contribution < -0.4 is 19.7 Å². The molecule has 1 atom stereocenters. The second-order valence-corrected chi connectivity index (χ2v) is 5.85. The Morgan fingerprint density at radius 1 is 1.12 bits per heavy atom. The first kappa shape index (κ1) is 15.4. The summed E-state index contributed by atoms with van der Waals surface area (Å²) < 4.78 is 23.5. The number of fused-ring (bicyclic) bond motifs is 1. The molecule has 0 radical (unpaired) electrons. The molecule has 2 aromatic carbocycles. The number of carbonyl (C=O) groups is 2. The molecule has 2 amide bonds. The van der Waals surface area contributed by atoms with Gasteiger partial charge in [0.05, 0.1) is 0 Å². The Bertz CT molecular complexity index is 837. The van der Waals surface area contributed by atoms with Crippen LogP contribution in [0.1, 0.15) is 16.8 Å². The average molecular weight is 342 g/mol. The minimum atomic E-state index is -0.608. The predicted octanol–water partition coefficient (Wildman–Crippen LogP) is 2.09. The van der Waals surface area contributed by atoms with Crippen LogP contribution in [0.15, 0.2) is 42.5 Å². The van der Waals surface area contributed by atoms with Crippen LogP contribution in [-0.4, -0.2) is 31.2 Å². The first-order chi connectivity index (χ1) is 12.1. The standard InChI is InChI=1S/C18H15FN2O4/c19-12-2-4-13(5-3-12)21-8-7-14(18(21)23)20-17(22)11-1-6-15-16(9-11)25-10-24-15/h1-6,9,14H,7-8,10H2,(H,20,22). The van der Waals surface area contributed by atoms with E-state index >= 15 is 0 Å². The van der Waals surface area contributed by atoms with Crippen molar-refractivity contribution in [1.82, 2.24) is 5.32 Å². The van der Waals surface area contributed by atoms with Gasteiger partial charge >= 0.3 is 0 Å². The van der Waals surface area contributed by atoms with Gasteiger partial charge in [0.15, 0.2) is 11.5 Å². The van der Waals surface area contributed by atoms with Crippen molar-refractivity contribution in [3.63, 3.8) is 0 Å². The number of anilines is 1. The summed E-state index contributed by atoms with van der Waals surface area (Å²) in [4.78, 5) is 26.5. The molecule has 6 nitrogen and oxygen atoms in total. The van der Waals surface area contributed by atoms with Crippen molar-refractivity contribution < 1.29 is 23.5 Å². The number of nitrogens with one attached hydrogen (secondary N) is 1. The SMILES string of the molecule is O=C(NC1CCN(c2ccc(F)cc2)C1=O)c1ccc2c(c1)OCO2. The van der Waals surface area contributed by atoms with Gasteiger partial charge in [0.1, 0.15) is 11.9 Å². The Balaban J connectivity index is 1.45. The van der Waals surface area contributed by atoms with Gasteiger partial charge in [0.25, 0.3) is 5.91 Å². The minimum Gasteiger partial charge on any atom is -0.454 e. The maximum atomic E-state index is 13.0. The zero-order valence-corrected chi connectivity index (χ0v) is 13.2. The number of hydrogen-bond acceptors (Lipinski definition) is 4. The molecule has 1 saturated heterocycles. The van der Waals surface area contributed by atoms with E-state index in [-0.39, 0.29) is 24.4 Å². The summed E-state index contributed by atoms with van der Waals surface area (Å²) in [5.41, 5.74) is 1.02. The van der Waals surface area contributed by atoms with E-state index in [1.807, 2.05) is 0 Å². The largest absolute Gasteiger partial charge is 0.454 e. The molecule has 7 heteroatoms. The number of benzene rings is 2. The van der Waals surface area contributed by atoms with Gasteiger partial charge in [0.2, 0.25) is 12.7 Å². The van der Waals surface area contributed by atoms with Crippen molar-refractivity contribution in [3.05, 3.63) is 53.8 Å². The molecule has 1 fully saturated rings. The molecule has 25 heavy (non-hydrogen) atoms. The van der Waals surface area contributed by atoms with Gasteiger partial charge in [-0.15, -0.1) is 0 Å². The van der Waals surface area contributed by atoms with E-state index in [0.717, 1.165) is 0 Å². The average Bonchev–Trinajstić information content (AvgIpc) is 3.22. The molecule has 0 bridgehead atoms. The molecular formula is C18H15FN2O4. The number of ether oxygens (including phenoxy) is 2. The summed E-state index contributed by atoms with van der Waals surface area (Å²) in [5, 5.41) is 2.75. The van der Waals surface area contributed by atoms with Crippen molar-refractivity contribution in [2.75, 3.05) is 18.2 Å². The lowest BCUT2D eigenvalue weighted by Gasteiger charge is -2.17. The lowest BCUT2D eigenvalue weighted by molar-refractivity contribution is -0.118. The number of halogens is 1. The fourth-order valence-electron chi connectivity index (χ4n) is 2.97. The molecule has 2 heterocycles. The predicted molar refractivity (Wildman–Crippen MR) is 87.2 cm³/mol. The van der Waals surface area contributed by atoms with Gasteiger partial charge < -0.3 is 19.7 Å². The zero-order valence-electron chi connectivity index (χ0n) is 13.2. The lowest BCUT2D eigenvalue weighted by Crippen LogP contribution is -2.41. The van der Waals surface area contributed by atoms with Crippen molar-refractivity contribution in [2.24, 2.45) is 0 Å². The molecule has 0 aliphatic carbocycles. The van der Waals surface area contributed by atoms with Crippen LogP contribution >= 0.6 is 0 Å². The Morgan fingerprint density at radius 2 is 1.88 bits per heavy atom. The third-order valence-electron chi connectivity index (χ3n) is 4.28. The number of carbonyl (C=O) groups excluding carboxylic acids is 2. The highest BCUT2D eigenvalue weighted by molar-refractivity contribution is 6.04. The highest BCUT2D eigenvalue weighted by atomic mass is 19.1. The molecule has 2 aliphatic heterocycles. The Labute approximate surface area is 143 Å². The van der Waals surface area contributed by atoms with E-state index in [1.54, 1.807) is 35.2 Å².